The summed E-state index contributed by atoms with van der Waals surface area (Å²) >= 11 is 0. The van der Waals surface area contributed by atoms with Crippen molar-refractivity contribution in [2.75, 3.05) is 21.3 Å². The van der Waals surface area contributed by atoms with Crippen LogP contribution in [0.5, 0.6) is 11.5 Å². The molecule has 0 unspecified atom stereocenters. The summed E-state index contributed by atoms with van der Waals surface area (Å²) in [7, 11) is 3.85. The number of Topliss-reactive ketones (excluding diaryl/α,β-unsaturated/α-hetero) is 1. The Balaban J connectivity index is 3.65. The number of carbonyl (C=O) groups is 4. The number of hydrazine groups is 1. The predicted octanol–water partition coefficient (Wildman–Crippen LogP) is 3.50. The fraction of sp³-hybridized carbons (Fsp3) is 0.565. The molecule has 1 atom stereocenters. The number of hydrogen-bond donors (Lipinski definition) is 1. The number of nitrogens with zero attached hydrogens (tertiary/aromatic N) is 1. The molecule has 0 aliphatic rings. The highest BCUT2D eigenvalue weighted by Gasteiger charge is 2.53. The highest BCUT2D eigenvalue weighted by Crippen LogP contribution is 2.31. The number of ketones is 1. The molecule has 0 saturated carbocycles. The summed E-state index contributed by atoms with van der Waals surface area (Å²) in [5.41, 5.74) is -2.18. The lowest BCUT2D eigenvalue weighted by atomic mass is 9.90. The first-order valence-corrected chi connectivity index (χ1v) is 10.4. The van der Waals surface area contributed by atoms with Crippen molar-refractivity contribution < 1.29 is 42.9 Å². The maximum Gasteiger partial charge on any atom is 0.430 e. The largest absolute Gasteiger partial charge is 0.493 e. The number of esters is 1. The average molecular weight is 483 g/mol. The maximum atomic E-state index is 13.7. The zero-order valence-corrected chi connectivity index (χ0v) is 21.4. The molecule has 11 nitrogen and oxygen atoms in total. The maximum absolute atomic E-state index is 13.7. The Morgan fingerprint density at radius 3 is 1.76 bits per heavy atom. The zero-order chi connectivity index (χ0) is 26.5. The quantitative estimate of drug-likeness (QED) is 0.213. The van der Waals surface area contributed by atoms with Gasteiger partial charge in [0.1, 0.15) is 11.2 Å². The minimum atomic E-state index is -2.38. The van der Waals surface area contributed by atoms with Crippen molar-refractivity contribution in [2.24, 2.45) is 0 Å². The molecule has 0 heterocycles. The van der Waals surface area contributed by atoms with Crippen LogP contribution in [-0.4, -0.2) is 67.0 Å². The van der Waals surface area contributed by atoms with Gasteiger partial charge in [-0.15, -0.1) is 0 Å². The molecule has 1 N–H and O–H groups in total. The molecule has 2 amide bonds. The number of nitrogens with one attached hydrogen (secondary N) is 1. The minimum absolute atomic E-state index is 0.0231. The summed E-state index contributed by atoms with van der Waals surface area (Å²) in [6, 6.07) is 4.18. The van der Waals surface area contributed by atoms with Crippen LogP contribution >= 0.6 is 0 Å². The van der Waals surface area contributed by atoms with Gasteiger partial charge in [0, 0.05) is 5.56 Å². The summed E-state index contributed by atoms with van der Waals surface area (Å²) in [5.74, 6) is -1.46. The summed E-state index contributed by atoms with van der Waals surface area (Å²) in [5, 5.41) is 0.469. The fourth-order valence-corrected chi connectivity index (χ4v) is 2.78. The fourth-order valence-electron chi connectivity index (χ4n) is 2.78. The second-order valence-electron chi connectivity index (χ2n) is 9.39. The zero-order valence-electron chi connectivity index (χ0n) is 21.4. The number of hydrogen-bond acceptors (Lipinski definition) is 9. The highest BCUT2D eigenvalue weighted by molar-refractivity contribution is 6.17. The minimum Gasteiger partial charge on any atom is -0.493 e. The number of carbonyl (C=O) groups excluding carboxylic acids is 4. The van der Waals surface area contributed by atoms with Gasteiger partial charge < -0.3 is 23.7 Å². The van der Waals surface area contributed by atoms with Crippen LogP contribution in [0.25, 0.3) is 0 Å². The van der Waals surface area contributed by atoms with E-state index >= 15 is 0 Å². The Labute approximate surface area is 199 Å². The van der Waals surface area contributed by atoms with Crippen molar-refractivity contribution >= 4 is 23.9 Å². The van der Waals surface area contributed by atoms with E-state index in [1.165, 1.54) is 32.4 Å². The topological polar surface area (TPSA) is 130 Å². The van der Waals surface area contributed by atoms with Gasteiger partial charge in [-0.2, -0.15) is 5.01 Å². The molecule has 1 aromatic carbocycles. The van der Waals surface area contributed by atoms with Gasteiger partial charge in [-0.3, -0.25) is 4.79 Å². The van der Waals surface area contributed by atoms with Crippen molar-refractivity contribution in [3.63, 3.8) is 0 Å². The van der Waals surface area contributed by atoms with Crippen molar-refractivity contribution in [1.29, 1.82) is 0 Å². The van der Waals surface area contributed by atoms with Crippen LogP contribution in [0.15, 0.2) is 18.2 Å². The van der Waals surface area contributed by atoms with Crippen LogP contribution in [0.3, 0.4) is 0 Å². The molecule has 0 saturated heterocycles. The molecule has 11 heteroatoms. The molecular weight excluding hydrogens is 448 g/mol. The van der Waals surface area contributed by atoms with Crippen LogP contribution in [-0.2, 0) is 19.0 Å². The second kappa shape index (κ2) is 10.6. The average Bonchev–Trinajstić information content (AvgIpc) is 2.72. The van der Waals surface area contributed by atoms with Gasteiger partial charge in [-0.1, -0.05) is 0 Å². The Morgan fingerprint density at radius 1 is 0.794 bits per heavy atom. The molecule has 0 aromatic heterocycles. The molecule has 0 radical (unpaired) electrons. The lowest BCUT2D eigenvalue weighted by Crippen LogP contribution is -2.67. The number of ether oxygens (including phenoxy) is 5. The van der Waals surface area contributed by atoms with Crippen LogP contribution in [0.4, 0.5) is 9.59 Å². The van der Waals surface area contributed by atoms with Crippen molar-refractivity contribution in [2.45, 2.75) is 65.2 Å². The van der Waals surface area contributed by atoms with Gasteiger partial charge in [-0.25, -0.2) is 19.8 Å². The van der Waals surface area contributed by atoms with Crippen molar-refractivity contribution in [3.05, 3.63) is 23.8 Å². The summed E-state index contributed by atoms with van der Waals surface area (Å²) in [4.78, 5) is 52.3. The van der Waals surface area contributed by atoms with E-state index in [0.717, 1.165) is 14.0 Å². The molecule has 34 heavy (non-hydrogen) atoms. The molecule has 0 fully saturated rings. The van der Waals surface area contributed by atoms with Gasteiger partial charge in [0.25, 0.3) is 0 Å². The first-order valence-electron chi connectivity index (χ1n) is 10.4. The third kappa shape index (κ3) is 7.00. The third-order valence-corrected chi connectivity index (χ3v) is 4.30. The molecule has 0 bridgehead atoms. The molecule has 1 aromatic rings. The van der Waals surface area contributed by atoms with E-state index in [4.69, 9.17) is 23.7 Å². The Morgan fingerprint density at radius 2 is 1.32 bits per heavy atom. The van der Waals surface area contributed by atoms with Crippen molar-refractivity contribution in [1.82, 2.24) is 10.4 Å². The first-order chi connectivity index (χ1) is 15.5. The van der Waals surface area contributed by atoms with E-state index < -0.39 is 40.7 Å². The van der Waals surface area contributed by atoms with Gasteiger partial charge in [0.05, 0.1) is 21.3 Å². The van der Waals surface area contributed by atoms with E-state index in [1.54, 1.807) is 41.5 Å². The summed E-state index contributed by atoms with van der Waals surface area (Å²) < 4.78 is 25.8. The van der Waals surface area contributed by atoms with Gasteiger partial charge in [-0.05, 0) is 66.7 Å². The van der Waals surface area contributed by atoms with Gasteiger partial charge >= 0.3 is 18.2 Å². The lowest BCUT2D eigenvalue weighted by molar-refractivity contribution is -0.152. The van der Waals surface area contributed by atoms with Crippen LogP contribution in [0.2, 0.25) is 0 Å². The monoisotopic (exact) mass is 482 g/mol. The van der Waals surface area contributed by atoms with E-state index in [2.05, 4.69) is 5.43 Å². The molecule has 1 rings (SSSR count). The van der Waals surface area contributed by atoms with Crippen molar-refractivity contribution in [3.8, 4) is 11.5 Å². The van der Waals surface area contributed by atoms with E-state index in [0.29, 0.717) is 10.8 Å². The van der Waals surface area contributed by atoms with Gasteiger partial charge in [0.15, 0.2) is 11.5 Å². The Bertz CT molecular complexity index is 931. The molecular formula is C23H34N2O9. The molecule has 0 aliphatic heterocycles. The number of rotatable bonds is 6. The first kappa shape index (κ1) is 28.5. The molecule has 190 valence electrons. The summed E-state index contributed by atoms with van der Waals surface area (Å²) in [6.07, 6.45) is -2.27. The second-order valence-corrected chi connectivity index (χ2v) is 9.39. The van der Waals surface area contributed by atoms with Crippen LogP contribution in [0.1, 0.15) is 58.8 Å². The van der Waals surface area contributed by atoms with Crippen LogP contribution < -0.4 is 14.9 Å². The normalized spacial score (nSPS) is 13.1. The molecule has 0 spiro atoms. The smallest absolute Gasteiger partial charge is 0.430 e. The highest BCUT2D eigenvalue weighted by atomic mass is 16.6. The summed E-state index contributed by atoms with van der Waals surface area (Å²) in [6.45, 7) is 10.7. The standard InChI is InChI=1S/C23H34N2O9/c1-21(2,3)33-19(28)24-25(20(29)34-22(4,5)6)23(7,18(27)32-10)17(26)14-11-12-15(30-8)16(13-14)31-9/h11-13H,1-10H3,(H,24,28)/t23-/m1/s1. The number of benzene rings is 1. The number of amides is 2. The number of methoxy groups -OCH3 is 3. The van der Waals surface area contributed by atoms with E-state index in [9.17, 15) is 19.2 Å². The predicted molar refractivity (Wildman–Crippen MR) is 122 cm³/mol. The Kier molecular flexibility index (Phi) is 8.91. The lowest BCUT2D eigenvalue weighted by Gasteiger charge is -2.38. The van der Waals surface area contributed by atoms with E-state index in [1.807, 2.05) is 0 Å². The SMILES string of the molecule is COC(=O)[C@@](C)(C(=O)c1ccc(OC)c(OC)c1)N(NC(=O)OC(C)(C)C)C(=O)OC(C)(C)C. The van der Waals surface area contributed by atoms with Crippen LogP contribution in [0, 0.1) is 0 Å². The van der Waals surface area contributed by atoms with E-state index in [-0.39, 0.29) is 11.3 Å². The van der Waals surface area contributed by atoms with Gasteiger partial charge in [0.2, 0.25) is 11.3 Å². The third-order valence-electron chi connectivity index (χ3n) is 4.30. The molecule has 0 aliphatic carbocycles. The Hall–Kier alpha value is -3.50.